The van der Waals surface area contributed by atoms with Gasteiger partial charge in [-0.1, -0.05) is 32.8 Å². The molecule has 0 aromatic heterocycles. The zero-order valence-electron chi connectivity index (χ0n) is 11.1. The predicted molar refractivity (Wildman–Crippen MR) is 69.9 cm³/mol. The lowest BCUT2D eigenvalue weighted by molar-refractivity contribution is -0.139. The molecule has 5 heteroatoms. The van der Waals surface area contributed by atoms with Crippen molar-refractivity contribution in [3.05, 3.63) is 12.7 Å². The predicted octanol–water partition coefficient (Wildman–Crippen LogP) is 0.799. The van der Waals surface area contributed by atoms with Crippen molar-refractivity contribution in [1.82, 2.24) is 10.6 Å². The van der Waals surface area contributed by atoms with E-state index >= 15 is 0 Å². The van der Waals surface area contributed by atoms with Gasteiger partial charge < -0.3 is 10.6 Å². The van der Waals surface area contributed by atoms with Gasteiger partial charge in [-0.15, -0.1) is 6.58 Å². The van der Waals surface area contributed by atoms with Gasteiger partial charge in [-0.05, 0) is 12.3 Å². The summed E-state index contributed by atoms with van der Waals surface area (Å²) in [6, 6.07) is -0.742. The van der Waals surface area contributed by atoms with Crippen LogP contribution < -0.4 is 10.6 Å². The SMILES string of the molecule is C=CCNC(=O)C(=O)C(CC(C)CCC)NC=O. The molecule has 2 amide bonds. The van der Waals surface area contributed by atoms with E-state index in [4.69, 9.17) is 0 Å². The number of carbonyl (C=O) groups excluding carboxylic acids is 3. The van der Waals surface area contributed by atoms with Crippen molar-refractivity contribution in [2.45, 2.75) is 39.2 Å². The van der Waals surface area contributed by atoms with E-state index < -0.39 is 17.7 Å². The number of Topliss-reactive ketones (excluding diaryl/α,β-unsaturated/α-hetero) is 1. The summed E-state index contributed by atoms with van der Waals surface area (Å²) in [5, 5.41) is 4.83. The zero-order chi connectivity index (χ0) is 14.0. The summed E-state index contributed by atoms with van der Waals surface area (Å²) in [5.41, 5.74) is 0. The molecular formula is C13H22N2O3. The Balaban J connectivity index is 4.46. The van der Waals surface area contributed by atoms with Crippen molar-refractivity contribution in [3.63, 3.8) is 0 Å². The Morgan fingerprint density at radius 3 is 2.56 bits per heavy atom. The molecule has 0 spiro atoms. The van der Waals surface area contributed by atoms with Crippen molar-refractivity contribution in [1.29, 1.82) is 0 Å². The maximum atomic E-state index is 11.8. The molecule has 0 bridgehead atoms. The fourth-order valence-corrected chi connectivity index (χ4v) is 1.76. The number of rotatable bonds is 10. The fraction of sp³-hybridized carbons (Fsp3) is 0.615. The Morgan fingerprint density at radius 1 is 1.39 bits per heavy atom. The third-order valence-corrected chi connectivity index (χ3v) is 2.64. The molecule has 0 aliphatic rings. The van der Waals surface area contributed by atoms with E-state index in [2.05, 4.69) is 24.1 Å². The molecule has 0 saturated carbocycles. The van der Waals surface area contributed by atoms with Crippen molar-refractivity contribution < 1.29 is 14.4 Å². The molecule has 0 fully saturated rings. The molecule has 0 aromatic rings. The summed E-state index contributed by atoms with van der Waals surface area (Å²) < 4.78 is 0. The molecule has 2 atom stereocenters. The van der Waals surface area contributed by atoms with Crippen molar-refractivity contribution >= 4 is 18.1 Å². The molecule has 2 N–H and O–H groups in total. The van der Waals surface area contributed by atoms with E-state index in [9.17, 15) is 14.4 Å². The molecule has 18 heavy (non-hydrogen) atoms. The first-order chi connectivity index (χ1) is 8.56. The highest BCUT2D eigenvalue weighted by Gasteiger charge is 2.25. The highest BCUT2D eigenvalue weighted by molar-refractivity contribution is 6.38. The average molecular weight is 254 g/mol. The molecular weight excluding hydrogens is 232 g/mol. The molecule has 2 unspecified atom stereocenters. The molecule has 0 aliphatic carbocycles. The van der Waals surface area contributed by atoms with Crippen LogP contribution in [0.1, 0.15) is 33.1 Å². The average Bonchev–Trinajstić information content (AvgIpc) is 2.34. The summed E-state index contributed by atoms with van der Waals surface area (Å²) in [7, 11) is 0. The first-order valence-corrected chi connectivity index (χ1v) is 6.19. The van der Waals surface area contributed by atoms with E-state index in [1.165, 1.54) is 6.08 Å². The van der Waals surface area contributed by atoms with Crippen LogP contribution >= 0.6 is 0 Å². The number of carbonyl (C=O) groups is 3. The summed E-state index contributed by atoms with van der Waals surface area (Å²) >= 11 is 0. The number of hydrogen-bond acceptors (Lipinski definition) is 3. The minimum absolute atomic E-state index is 0.239. The number of amides is 2. The highest BCUT2D eigenvalue weighted by atomic mass is 16.2. The Morgan fingerprint density at radius 2 is 2.06 bits per heavy atom. The number of ketones is 1. The molecule has 0 heterocycles. The first-order valence-electron chi connectivity index (χ1n) is 6.19. The smallest absolute Gasteiger partial charge is 0.289 e. The lowest BCUT2D eigenvalue weighted by Gasteiger charge is -2.18. The molecule has 0 saturated heterocycles. The Hall–Kier alpha value is -1.65. The van der Waals surface area contributed by atoms with E-state index in [1.54, 1.807) is 0 Å². The van der Waals surface area contributed by atoms with Gasteiger partial charge in [-0.25, -0.2) is 0 Å². The Kier molecular flexibility index (Phi) is 8.53. The largest absolute Gasteiger partial charge is 0.348 e. The van der Waals surface area contributed by atoms with Crippen LogP contribution in [0.5, 0.6) is 0 Å². The quantitative estimate of drug-likeness (QED) is 0.344. The molecule has 0 rings (SSSR count). The van der Waals surface area contributed by atoms with Gasteiger partial charge in [0.05, 0.1) is 6.04 Å². The van der Waals surface area contributed by atoms with Crippen LogP contribution in [-0.4, -0.2) is 30.7 Å². The lowest BCUT2D eigenvalue weighted by Crippen LogP contribution is -2.45. The fourth-order valence-electron chi connectivity index (χ4n) is 1.76. The topological polar surface area (TPSA) is 75.3 Å². The van der Waals surface area contributed by atoms with Gasteiger partial charge in [0.1, 0.15) is 0 Å². The van der Waals surface area contributed by atoms with Crippen molar-refractivity contribution in [3.8, 4) is 0 Å². The van der Waals surface area contributed by atoms with Gasteiger partial charge in [-0.3, -0.25) is 14.4 Å². The highest BCUT2D eigenvalue weighted by Crippen LogP contribution is 2.13. The maximum absolute atomic E-state index is 11.8. The zero-order valence-corrected chi connectivity index (χ0v) is 11.1. The second-order valence-electron chi connectivity index (χ2n) is 4.33. The standard InChI is InChI=1S/C13H22N2O3/c1-4-6-10(3)8-11(15-9-16)12(17)13(18)14-7-5-2/h5,9-11H,2,4,6-8H2,1,3H3,(H,14,18)(H,15,16). The summed E-state index contributed by atoms with van der Waals surface area (Å²) in [6.07, 6.45) is 4.40. The van der Waals surface area contributed by atoms with Gasteiger partial charge in [-0.2, -0.15) is 0 Å². The second-order valence-corrected chi connectivity index (χ2v) is 4.33. The lowest BCUT2D eigenvalue weighted by atomic mass is 9.95. The number of hydrogen-bond donors (Lipinski definition) is 2. The normalized spacial score (nSPS) is 13.2. The first kappa shape index (κ1) is 16.4. The van der Waals surface area contributed by atoms with Crippen LogP contribution in [0.15, 0.2) is 12.7 Å². The van der Waals surface area contributed by atoms with Crippen LogP contribution in [0.25, 0.3) is 0 Å². The van der Waals surface area contributed by atoms with Crippen LogP contribution in [0.2, 0.25) is 0 Å². The van der Waals surface area contributed by atoms with Crippen molar-refractivity contribution in [2.75, 3.05) is 6.54 Å². The van der Waals surface area contributed by atoms with Crippen LogP contribution in [-0.2, 0) is 14.4 Å². The maximum Gasteiger partial charge on any atom is 0.289 e. The van der Waals surface area contributed by atoms with Gasteiger partial charge in [0, 0.05) is 6.54 Å². The van der Waals surface area contributed by atoms with Crippen molar-refractivity contribution in [2.24, 2.45) is 5.92 Å². The molecule has 0 radical (unpaired) electrons. The summed E-state index contributed by atoms with van der Waals surface area (Å²) in [6.45, 7) is 7.74. The monoisotopic (exact) mass is 254 g/mol. The van der Waals surface area contributed by atoms with E-state index in [0.717, 1.165) is 12.8 Å². The van der Waals surface area contributed by atoms with E-state index in [1.807, 2.05) is 6.92 Å². The molecule has 0 aromatic carbocycles. The summed E-state index contributed by atoms with van der Waals surface area (Å²) in [5.74, 6) is -1.01. The second kappa shape index (κ2) is 9.39. The van der Waals surface area contributed by atoms with Gasteiger partial charge in [0.15, 0.2) is 0 Å². The van der Waals surface area contributed by atoms with Crippen LogP contribution in [0.3, 0.4) is 0 Å². The third kappa shape index (κ3) is 6.18. The van der Waals surface area contributed by atoms with E-state index in [0.29, 0.717) is 12.8 Å². The molecule has 5 nitrogen and oxygen atoms in total. The molecule has 102 valence electrons. The summed E-state index contributed by atoms with van der Waals surface area (Å²) in [4.78, 5) is 33.8. The van der Waals surface area contributed by atoms with Crippen LogP contribution in [0, 0.1) is 5.92 Å². The Bertz CT molecular complexity index is 303. The van der Waals surface area contributed by atoms with E-state index in [-0.39, 0.29) is 12.5 Å². The Labute approximate surface area is 108 Å². The van der Waals surface area contributed by atoms with Gasteiger partial charge in [0.2, 0.25) is 12.2 Å². The minimum Gasteiger partial charge on any atom is -0.348 e. The third-order valence-electron chi connectivity index (χ3n) is 2.64. The van der Waals surface area contributed by atoms with Gasteiger partial charge >= 0.3 is 0 Å². The number of nitrogens with one attached hydrogen (secondary N) is 2. The minimum atomic E-state index is -0.742. The van der Waals surface area contributed by atoms with Gasteiger partial charge in [0.25, 0.3) is 5.91 Å². The van der Waals surface area contributed by atoms with Crippen LogP contribution in [0.4, 0.5) is 0 Å². The molecule has 0 aliphatic heterocycles.